The van der Waals surface area contributed by atoms with Crippen LogP contribution in [0.5, 0.6) is 5.75 Å². The highest BCUT2D eigenvalue weighted by Gasteiger charge is 2.22. The number of nitrogens with two attached hydrogens (primary N) is 1. The second kappa shape index (κ2) is 10.2. The Morgan fingerprint density at radius 2 is 1.79 bits per heavy atom. The van der Waals surface area contributed by atoms with Crippen molar-refractivity contribution in [2.45, 2.75) is 25.5 Å². The van der Waals surface area contributed by atoms with Gasteiger partial charge in [-0.25, -0.2) is 9.67 Å². The molecule has 7 rings (SSSR count). The quantitative estimate of drug-likeness (QED) is 0.270. The summed E-state index contributed by atoms with van der Waals surface area (Å²) in [6, 6.07) is 12.0. The average molecular weight is 530 g/mol. The Morgan fingerprint density at radius 1 is 0.949 bits per heavy atom. The Bertz CT molecular complexity index is 1550. The van der Waals surface area contributed by atoms with Gasteiger partial charge in [-0.15, -0.1) is 5.10 Å². The molecule has 12 nitrogen and oxygen atoms in total. The average Bonchev–Trinajstić information content (AvgIpc) is 3.32. The molecular weight excluding hydrogens is 498 g/mol. The SMILES string of the molecule is Nc1nc2c(cnn2CCN2CCN(c3ccc(OCCOC4CC4)cc3)CC2)c2nc(-c3ccco3)nn12. The first-order chi connectivity index (χ1) is 19.2. The molecule has 202 valence electrons. The van der Waals surface area contributed by atoms with E-state index in [9.17, 15) is 0 Å². The topological polar surface area (TPSA) is 125 Å². The molecule has 5 aromatic rings. The van der Waals surface area contributed by atoms with Crippen molar-refractivity contribution < 1.29 is 13.9 Å². The number of fused-ring (bicyclic) bond motifs is 3. The van der Waals surface area contributed by atoms with Crippen LogP contribution in [-0.4, -0.2) is 86.3 Å². The number of ether oxygens (including phenoxy) is 2. The summed E-state index contributed by atoms with van der Waals surface area (Å²) in [4.78, 5) is 14.1. The van der Waals surface area contributed by atoms with Gasteiger partial charge in [0.25, 0.3) is 0 Å². The number of nitrogen functional groups attached to an aromatic ring is 1. The zero-order valence-electron chi connectivity index (χ0n) is 21.6. The highest BCUT2D eigenvalue weighted by atomic mass is 16.5. The third kappa shape index (κ3) is 5.00. The van der Waals surface area contributed by atoms with E-state index in [4.69, 9.17) is 19.6 Å². The molecule has 0 spiro atoms. The molecule has 2 N–H and O–H groups in total. The number of benzene rings is 1. The van der Waals surface area contributed by atoms with Crippen LogP contribution >= 0.6 is 0 Å². The summed E-state index contributed by atoms with van der Waals surface area (Å²) in [5, 5.41) is 9.85. The summed E-state index contributed by atoms with van der Waals surface area (Å²) in [7, 11) is 0. The molecular formula is C27H31N9O3. The maximum absolute atomic E-state index is 6.23. The number of nitrogens with zero attached hydrogens (tertiary/aromatic N) is 8. The number of rotatable bonds is 10. The number of piperazine rings is 1. The summed E-state index contributed by atoms with van der Waals surface area (Å²) >= 11 is 0. The molecule has 1 aromatic carbocycles. The van der Waals surface area contributed by atoms with Gasteiger partial charge in [0.1, 0.15) is 12.4 Å². The predicted octanol–water partition coefficient (Wildman–Crippen LogP) is 2.70. The van der Waals surface area contributed by atoms with E-state index < -0.39 is 0 Å². The molecule has 0 unspecified atom stereocenters. The lowest BCUT2D eigenvalue weighted by Gasteiger charge is -2.36. The molecule has 2 fully saturated rings. The lowest BCUT2D eigenvalue weighted by Crippen LogP contribution is -2.47. The maximum atomic E-state index is 6.23. The summed E-state index contributed by atoms with van der Waals surface area (Å²) in [5.41, 5.74) is 8.77. The molecule has 1 saturated heterocycles. The number of hydrogen-bond acceptors (Lipinski definition) is 10. The van der Waals surface area contributed by atoms with Crippen LogP contribution in [0.15, 0.2) is 53.3 Å². The van der Waals surface area contributed by atoms with Crippen molar-refractivity contribution in [1.82, 2.24) is 34.3 Å². The van der Waals surface area contributed by atoms with Crippen molar-refractivity contribution in [1.29, 1.82) is 0 Å². The van der Waals surface area contributed by atoms with Gasteiger partial charge in [-0.1, -0.05) is 0 Å². The fraction of sp³-hybridized carbons (Fsp3) is 0.407. The van der Waals surface area contributed by atoms with Gasteiger partial charge in [0.2, 0.25) is 11.8 Å². The van der Waals surface area contributed by atoms with Crippen LogP contribution in [0.4, 0.5) is 11.6 Å². The minimum atomic E-state index is 0.265. The first-order valence-electron chi connectivity index (χ1n) is 13.4. The molecule has 1 aliphatic heterocycles. The van der Waals surface area contributed by atoms with Crippen LogP contribution in [0.25, 0.3) is 28.3 Å². The lowest BCUT2D eigenvalue weighted by molar-refractivity contribution is 0.0881. The van der Waals surface area contributed by atoms with Crippen molar-refractivity contribution in [3.05, 3.63) is 48.9 Å². The zero-order valence-corrected chi connectivity index (χ0v) is 21.6. The monoisotopic (exact) mass is 529 g/mol. The highest BCUT2D eigenvalue weighted by Crippen LogP contribution is 2.25. The lowest BCUT2D eigenvalue weighted by atomic mass is 10.2. The van der Waals surface area contributed by atoms with E-state index in [0.29, 0.717) is 48.7 Å². The smallest absolute Gasteiger partial charge is 0.225 e. The number of hydrogen-bond donors (Lipinski definition) is 1. The fourth-order valence-corrected chi connectivity index (χ4v) is 4.96. The second-order valence-corrected chi connectivity index (χ2v) is 9.96. The minimum Gasteiger partial charge on any atom is -0.491 e. The predicted molar refractivity (Wildman–Crippen MR) is 146 cm³/mol. The van der Waals surface area contributed by atoms with Gasteiger partial charge in [0.05, 0.1) is 37.1 Å². The minimum absolute atomic E-state index is 0.265. The van der Waals surface area contributed by atoms with E-state index in [0.717, 1.165) is 43.9 Å². The van der Waals surface area contributed by atoms with Crippen LogP contribution in [0.3, 0.4) is 0 Å². The van der Waals surface area contributed by atoms with Crippen LogP contribution in [-0.2, 0) is 11.3 Å². The van der Waals surface area contributed by atoms with Gasteiger partial charge < -0.3 is 24.5 Å². The van der Waals surface area contributed by atoms with Gasteiger partial charge in [-0.2, -0.15) is 14.6 Å². The Morgan fingerprint density at radius 3 is 2.56 bits per heavy atom. The summed E-state index contributed by atoms with van der Waals surface area (Å²) in [6.07, 6.45) is 6.22. The summed E-state index contributed by atoms with van der Waals surface area (Å²) in [6.45, 7) is 6.73. The van der Waals surface area contributed by atoms with Crippen molar-refractivity contribution in [2.75, 3.05) is 56.6 Å². The van der Waals surface area contributed by atoms with Gasteiger partial charge in [0, 0.05) is 38.4 Å². The number of anilines is 2. The number of furan rings is 1. The maximum Gasteiger partial charge on any atom is 0.225 e. The standard InChI is InChI=1S/C27H31N9O3/c28-27-31-25-22(26-30-24(32-36(26)27)23-2-1-15-39-23)18-29-35(25)14-11-33-9-12-34(13-10-33)19-3-5-20(6-4-19)37-16-17-38-21-7-8-21/h1-6,15,18,21H,7-14,16-17H2,(H2,28,31). The van der Waals surface area contributed by atoms with Crippen LogP contribution in [0, 0.1) is 0 Å². The summed E-state index contributed by atoms with van der Waals surface area (Å²) in [5.74, 6) is 2.20. The van der Waals surface area contributed by atoms with Gasteiger partial charge in [-0.3, -0.25) is 4.90 Å². The fourth-order valence-electron chi connectivity index (χ4n) is 4.96. The Kier molecular flexibility index (Phi) is 6.25. The van der Waals surface area contributed by atoms with E-state index in [1.165, 1.54) is 23.0 Å². The first-order valence-corrected chi connectivity index (χ1v) is 13.4. The molecule has 0 amide bonds. The van der Waals surface area contributed by atoms with Crippen LogP contribution in [0.2, 0.25) is 0 Å². The molecule has 2 aliphatic rings. The Labute approximate surface area is 224 Å². The van der Waals surface area contributed by atoms with Crippen molar-refractivity contribution in [2.24, 2.45) is 0 Å². The van der Waals surface area contributed by atoms with E-state index in [-0.39, 0.29) is 5.95 Å². The van der Waals surface area contributed by atoms with Crippen LogP contribution in [0.1, 0.15) is 12.8 Å². The first kappa shape index (κ1) is 23.9. The third-order valence-corrected chi connectivity index (χ3v) is 7.27. The molecule has 4 aromatic heterocycles. The highest BCUT2D eigenvalue weighted by molar-refractivity contribution is 5.90. The van der Waals surface area contributed by atoms with Crippen molar-refractivity contribution in [3.63, 3.8) is 0 Å². The molecule has 0 atom stereocenters. The molecule has 39 heavy (non-hydrogen) atoms. The Hall–Kier alpha value is -4.16. The van der Waals surface area contributed by atoms with E-state index >= 15 is 0 Å². The molecule has 0 radical (unpaired) electrons. The zero-order chi connectivity index (χ0) is 26.2. The van der Waals surface area contributed by atoms with E-state index in [2.05, 4.69) is 42.1 Å². The summed E-state index contributed by atoms with van der Waals surface area (Å²) < 4.78 is 20.3. The third-order valence-electron chi connectivity index (χ3n) is 7.27. The van der Waals surface area contributed by atoms with Gasteiger partial charge >= 0.3 is 0 Å². The van der Waals surface area contributed by atoms with Gasteiger partial charge in [-0.05, 0) is 49.2 Å². The normalized spacial score (nSPS) is 16.5. The number of aromatic nitrogens is 6. The van der Waals surface area contributed by atoms with Gasteiger partial charge in [0.15, 0.2) is 17.1 Å². The van der Waals surface area contributed by atoms with Crippen molar-refractivity contribution in [3.8, 4) is 17.3 Å². The molecule has 12 heteroatoms. The second-order valence-electron chi connectivity index (χ2n) is 9.96. The van der Waals surface area contributed by atoms with E-state index in [1.54, 1.807) is 18.5 Å². The van der Waals surface area contributed by atoms with E-state index in [1.807, 2.05) is 22.9 Å². The molecule has 1 aliphatic carbocycles. The van der Waals surface area contributed by atoms with Crippen molar-refractivity contribution >= 4 is 28.3 Å². The molecule has 1 saturated carbocycles. The van der Waals surface area contributed by atoms with Crippen LogP contribution < -0.4 is 15.4 Å². The Balaban J connectivity index is 0.945. The largest absolute Gasteiger partial charge is 0.491 e. The molecule has 5 heterocycles. The molecule has 0 bridgehead atoms.